The molecule has 0 saturated carbocycles. The summed E-state index contributed by atoms with van der Waals surface area (Å²) in [5.74, 6) is 0.360. The van der Waals surface area contributed by atoms with Crippen molar-refractivity contribution in [3.05, 3.63) is 48.5 Å². The molecule has 96 valence electrons. The van der Waals surface area contributed by atoms with E-state index in [4.69, 9.17) is 5.73 Å². The smallest absolute Gasteiger partial charge is 0.206 e. The van der Waals surface area contributed by atoms with Crippen LogP contribution in [0.15, 0.2) is 58.3 Å². The quantitative estimate of drug-likeness (QED) is 0.747. The average molecular weight is 273 g/mol. The summed E-state index contributed by atoms with van der Waals surface area (Å²) < 4.78 is 24.8. The Morgan fingerprint density at radius 3 is 2.47 bits per heavy atom. The molecule has 0 fully saturated rings. The highest BCUT2D eigenvalue weighted by Crippen LogP contribution is 2.25. The molecule has 1 heterocycles. The van der Waals surface area contributed by atoms with Crippen molar-refractivity contribution in [2.24, 2.45) is 0 Å². The maximum atomic E-state index is 12.4. The molecule has 0 spiro atoms. The number of aromatic amines is 1. The van der Waals surface area contributed by atoms with Gasteiger partial charge in [-0.3, -0.25) is 5.10 Å². The number of fused-ring (bicyclic) bond motifs is 1. The van der Waals surface area contributed by atoms with E-state index in [1.807, 2.05) is 0 Å². The normalized spacial score (nSPS) is 11.8. The molecule has 3 aromatic rings. The van der Waals surface area contributed by atoms with Gasteiger partial charge in [0.1, 0.15) is 0 Å². The van der Waals surface area contributed by atoms with Crippen LogP contribution in [0, 0.1) is 0 Å². The number of nitrogens with zero attached hydrogens (tertiary/aromatic N) is 1. The Morgan fingerprint density at radius 1 is 1.00 bits per heavy atom. The molecule has 0 bridgehead atoms. The summed E-state index contributed by atoms with van der Waals surface area (Å²) in [6, 6.07) is 13.0. The fourth-order valence-electron chi connectivity index (χ4n) is 1.92. The minimum absolute atomic E-state index is 0.217. The van der Waals surface area contributed by atoms with Crippen LogP contribution < -0.4 is 5.73 Å². The van der Waals surface area contributed by atoms with Crippen molar-refractivity contribution >= 4 is 26.6 Å². The number of nitrogens with two attached hydrogens (primary N) is 1. The van der Waals surface area contributed by atoms with Crippen molar-refractivity contribution in [1.29, 1.82) is 0 Å². The first-order valence-corrected chi connectivity index (χ1v) is 7.11. The van der Waals surface area contributed by atoms with Crippen molar-refractivity contribution < 1.29 is 8.42 Å². The number of anilines is 1. The van der Waals surface area contributed by atoms with Gasteiger partial charge in [-0.1, -0.05) is 18.2 Å². The van der Waals surface area contributed by atoms with Gasteiger partial charge in [-0.2, -0.15) is 5.10 Å². The fraction of sp³-hybridized carbons (Fsp3) is 0. The lowest BCUT2D eigenvalue weighted by molar-refractivity contribution is 0.596. The Morgan fingerprint density at radius 2 is 1.74 bits per heavy atom. The molecular formula is C13H11N3O2S. The molecule has 6 heteroatoms. The van der Waals surface area contributed by atoms with E-state index in [0.717, 1.165) is 0 Å². The van der Waals surface area contributed by atoms with Gasteiger partial charge in [0.2, 0.25) is 9.84 Å². The summed E-state index contributed by atoms with van der Waals surface area (Å²) >= 11 is 0. The standard InChI is InChI=1S/C13H11N3O2S/c14-13-11-7-6-10(8-12(11)15-16-13)19(17,18)9-4-2-1-3-5-9/h1-8H,(H3,14,15,16). The van der Waals surface area contributed by atoms with E-state index in [-0.39, 0.29) is 9.79 Å². The summed E-state index contributed by atoms with van der Waals surface area (Å²) in [5.41, 5.74) is 6.26. The van der Waals surface area contributed by atoms with E-state index in [1.165, 1.54) is 6.07 Å². The molecule has 0 aliphatic rings. The Bertz CT molecular complexity index is 839. The van der Waals surface area contributed by atoms with Gasteiger partial charge in [0.15, 0.2) is 5.82 Å². The van der Waals surface area contributed by atoms with E-state index < -0.39 is 9.84 Å². The zero-order valence-corrected chi connectivity index (χ0v) is 10.7. The molecule has 0 atom stereocenters. The number of rotatable bonds is 2. The maximum absolute atomic E-state index is 12.4. The number of hydrogen-bond acceptors (Lipinski definition) is 4. The predicted octanol–water partition coefficient (Wildman–Crippen LogP) is 1.98. The van der Waals surface area contributed by atoms with Gasteiger partial charge in [0.05, 0.1) is 15.3 Å². The summed E-state index contributed by atoms with van der Waals surface area (Å²) in [4.78, 5) is 0.483. The Labute approximate surface area is 110 Å². The molecular weight excluding hydrogens is 262 g/mol. The van der Waals surface area contributed by atoms with Gasteiger partial charge in [-0.05, 0) is 30.3 Å². The zero-order valence-electron chi connectivity index (χ0n) is 9.87. The highest BCUT2D eigenvalue weighted by molar-refractivity contribution is 7.91. The Hall–Kier alpha value is -2.34. The summed E-state index contributed by atoms with van der Waals surface area (Å²) in [5, 5.41) is 7.28. The molecule has 0 aliphatic carbocycles. The number of nitrogen functional groups attached to an aromatic ring is 1. The molecule has 19 heavy (non-hydrogen) atoms. The number of H-pyrrole nitrogens is 1. The van der Waals surface area contributed by atoms with Crippen LogP contribution in [0.5, 0.6) is 0 Å². The van der Waals surface area contributed by atoms with E-state index >= 15 is 0 Å². The minimum Gasteiger partial charge on any atom is -0.382 e. The largest absolute Gasteiger partial charge is 0.382 e. The van der Waals surface area contributed by atoms with Crippen LogP contribution >= 0.6 is 0 Å². The van der Waals surface area contributed by atoms with Gasteiger partial charge in [0, 0.05) is 5.39 Å². The first kappa shape index (κ1) is 11.7. The molecule has 5 nitrogen and oxygen atoms in total. The van der Waals surface area contributed by atoms with Crippen LogP contribution in [0.4, 0.5) is 5.82 Å². The fourth-order valence-corrected chi connectivity index (χ4v) is 3.23. The topological polar surface area (TPSA) is 88.8 Å². The van der Waals surface area contributed by atoms with Gasteiger partial charge < -0.3 is 5.73 Å². The van der Waals surface area contributed by atoms with Gasteiger partial charge in [-0.25, -0.2) is 8.42 Å². The van der Waals surface area contributed by atoms with E-state index in [0.29, 0.717) is 16.7 Å². The van der Waals surface area contributed by atoms with Gasteiger partial charge in [0.25, 0.3) is 0 Å². The second-order valence-electron chi connectivity index (χ2n) is 4.13. The first-order chi connectivity index (χ1) is 9.09. The number of aromatic nitrogens is 2. The molecule has 0 aliphatic heterocycles. The molecule has 0 unspecified atom stereocenters. The second-order valence-corrected chi connectivity index (χ2v) is 6.08. The SMILES string of the molecule is Nc1n[nH]c2cc(S(=O)(=O)c3ccccc3)ccc12. The van der Waals surface area contributed by atoms with E-state index in [2.05, 4.69) is 10.2 Å². The number of hydrogen-bond donors (Lipinski definition) is 2. The molecule has 1 aromatic heterocycles. The van der Waals surface area contributed by atoms with Crippen LogP contribution in [0.3, 0.4) is 0 Å². The molecule has 0 radical (unpaired) electrons. The van der Waals surface area contributed by atoms with E-state index in [9.17, 15) is 8.42 Å². The first-order valence-electron chi connectivity index (χ1n) is 5.63. The summed E-state index contributed by atoms with van der Waals surface area (Å²) in [6.45, 7) is 0. The average Bonchev–Trinajstić information content (AvgIpc) is 2.81. The van der Waals surface area contributed by atoms with Crippen molar-refractivity contribution in [2.75, 3.05) is 5.73 Å². The van der Waals surface area contributed by atoms with Gasteiger partial charge >= 0.3 is 0 Å². The van der Waals surface area contributed by atoms with Crippen LogP contribution in [-0.4, -0.2) is 18.6 Å². The zero-order chi connectivity index (χ0) is 13.5. The monoisotopic (exact) mass is 273 g/mol. The lowest BCUT2D eigenvalue weighted by atomic mass is 10.2. The third kappa shape index (κ3) is 1.86. The number of benzene rings is 2. The van der Waals surface area contributed by atoms with Crippen LogP contribution in [-0.2, 0) is 9.84 Å². The van der Waals surface area contributed by atoms with Gasteiger partial charge in [-0.15, -0.1) is 0 Å². The summed E-state index contributed by atoms with van der Waals surface area (Å²) in [7, 11) is -3.51. The maximum Gasteiger partial charge on any atom is 0.206 e. The Balaban J connectivity index is 2.19. The molecule has 3 rings (SSSR count). The van der Waals surface area contributed by atoms with Crippen LogP contribution in [0.25, 0.3) is 10.9 Å². The molecule has 0 saturated heterocycles. The third-order valence-corrected chi connectivity index (χ3v) is 4.69. The second kappa shape index (κ2) is 4.10. The number of nitrogens with one attached hydrogen (secondary N) is 1. The van der Waals surface area contributed by atoms with Crippen molar-refractivity contribution in [3.8, 4) is 0 Å². The molecule has 2 aromatic carbocycles. The lowest BCUT2D eigenvalue weighted by Gasteiger charge is -2.04. The highest BCUT2D eigenvalue weighted by atomic mass is 32.2. The molecule has 3 N–H and O–H groups in total. The van der Waals surface area contributed by atoms with E-state index in [1.54, 1.807) is 42.5 Å². The highest BCUT2D eigenvalue weighted by Gasteiger charge is 2.18. The predicted molar refractivity (Wildman–Crippen MR) is 72.4 cm³/mol. The van der Waals surface area contributed by atoms with Crippen molar-refractivity contribution in [2.45, 2.75) is 9.79 Å². The minimum atomic E-state index is -3.51. The van der Waals surface area contributed by atoms with Crippen LogP contribution in [0.1, 0.15) is 0 Å². The molecule has 0 amide bonds. The Kier molecular flexibility index (Phi) is 2.53. The third-order valence-electron chi connectivity index (χ3n) is 2.93. The van der Waals surface area contributed by atoms with Crippen molar-refractivity contribution in [1.82, 2.24) is 10.2 Å². The summed E-state index contributed by atoms with van der Waals surface area (Å²) in [6.07, 6.45) is 0. The number of sulfone groups is 1. The van der Waals surface area contributed by atoms with Crippen molar-refractivity contribution in [3.63, 3.8) is 0 Å². The van der Waals surface area contributed by atoms with Crippen LogP contribution in [0.2, 0.25) is 0 Å². The lowest BCUT2D eigenvalue weighted by Crippen LogP contribution is -2.01.